The number of aromatic nitrogens is 2. The molecule has 0 aliphatic carbocycles. The van der Waals surface area contributed by atoms with Gasteiger partial charge in [0, 0.05) is 24.0 Å². The van der Waals surface area contributed by atoms with Gasteiger partial charge in [-0.1, -0.05) is 12.1 Å². The Balaban J connectivity index is 2.39. The first-order valence-corrected chi connectivity index (χ1v) is 4.68. The fourth-order valence-corrected chi connectivity index (χ4v) is 1.40. The van der Waals surface area contributed by atoms with Gasteiger partial charge in [-0.2, -0.15) is 5.10 Å². The van der Waals surface area contributed by atoms with E-state index in [1.54, 1.807) is 0 Å². The van der Waals surface area contributed by atoms with Crippen molar-refractivity contribution >= 4 is 5.69 Å². The van der Waals surface area contributed by atoms with E-state index in [-0.39, 0.29) is 0 Å². The molecule has 14 heavy (non-hydrogen) atoms. The average Bonchev–Trinajstić information content (AvgIpc) is 2.66. The molecule has 0 aliphatic rings. The van der Waals surface area contributed by atoms with Crippen LogP contribution < -0.4 is 5.73 Å². The van der Waals surface area contributed by atoms with Gasteiger partial charge in [0.1, 0.15) is 0 Å². The third kappa shape index (κ3) is 1.62. The lowest BCUT2D eigenvalue weighted by atomic mass is 10.1. The second-order valence-electron chi connectivity index (χ2n) is 3.21. The molecule has 2 aromatic rings. The largest absolute Gasteiger partial charge is 0.399 e. The molecule has 2 N–H and O–H groups in total. The predicted octanol–water partition coefficient (Wildman–Crippen LogP) is 2.15. The Kier molecular flexibility index (Phi) is 2.23. The number of aryl methyl sites for hydroxylation is 1. The summed E-state index contributed by atoms with van der Waals surface area (Å²) in [5, 5.41) is 4.22. The quantitative estimate of drug-likeness (QED) is 0.732. The van der Waals surface area contributed by atoms with Crippen LogP contribution in [0, 0.1) is 0 Å². The van der Waals surface area contributed by atoms with Gasteiger partial charge in [-0.05, 0) is 24.6 Å². The lowest BCUT2D eigenvalue weighted by Crippen LogP contribution is -1.92. The molecular weight excluding hydrogens is 174 g/mol. The van der Waals surface area contributed by atoms with E-state index in [1.165, 1.54) is 0 Å². The van der Waals surface area contributed by atoms with Crippen LogP contribution >= 0.6 is 0 Å². The van der Waals surface area contributed by atoms with Gasteiger partial charge in [-0.25, -0.2) is 0 Å². The van der Waals surface area contributed by atoms with Crippen LogP contribution in [0.15, 0.2) is 36.7 Å². The molecule has 0 unspecified atom stereocenters. The molecule has 3 heteroatoms. The Morgan fingerprint density at radius 2 is 2.21 bits per heavy atom. The fourth-order valence-electron chi connectivity index (χ4n) is 1.40. The minimum absolute atomic E-state index is 0.784. The second-order valence-corrected chi connectivity index (χ2v) is 3.21. The Morgan fingerprint density at radius 1 is 1.36 bits per heavy atom. The molecule has 72 valence electrons. The second kappa shape index (κ2) is 3.54. The lowest BCUT2D eigenvalue weighted by Gasteiger charge is -1.98. The summed E-state index contributed by atoms with van der Waals surface area (Å²) in [4.78, 5) is 0. The first-order chi connectivity index (χ1) is 6.79. The molecule has 2 rings (SSSR count). The maximum atomic E-state index is 5.71. The van der Waals surface area contributed by atoms with Gasteiger partial charge >= 0.3 is 0 Å². The molecule has 1 aromatic heterocycles. The molecule has 0 fully saturated rings. The molecule has 0 radical (unpaired) electrons. The monoisotopic (exact) mass is 187 g/mol. The highest BCUT2D eigenvalue weighted by Gasteiger charge is 2.00. The molecule has 3 nitrogen and oxygen atoms in total. The van der Waals surface area contributed by atoms with E-state index < -0.39 is 0 Å². The number of rotatable bonds is 2. The van der Waals surface area contributed by atoms with Gasteiger partial charge < -0.3 is 5.73 Å². The summed E-state index contributed by atoms with van der Waals surface area (Å²) in [6.07, 6.45) is 3.88. The van der Waals surface area contributed by atoms with Gasteiger partial charge in [0.05, 0.1) is 6.20 Å². The van der Waals surface area contributed by atoms with Crippen molar-refractivity contribution in [1.82, 2.24) is 9.78 Å². The van der Waals surface area contributed by atoms with Gasteiger partial charge in [0.25, 0.3) is 0 Å². The van der Waals surface area contributed by atoms with E-state index in [0.29, 0.717) is 0 Å². The third-order valence-corrected chi connectivity index (χ3v) is 2.18. The molecule has 0 spiro atoms. The zero-order valence-electron chi connectivity index (χ0n) is 8.14. The number of nitrogens with two attached hydrogens (primary N) is 1. The maximum absolute atomic E-state index is 5.71. The minimum Gasteiger partial charge on any atom is -0.399 e. The van der Waals surface area contributed by atoms with Crippen molar-refractivity contribution < 1.29 is 0 Å². The molecule has 0 bridgehead atoms. The molecule has 0 amide bonds. The highest BCUT2D eigenvalue weighted by Crippen LogP contribution is 2.20. The number of nitrogens with zero attached hydrogens (tertiary/aromatic N) is 2. The Hall–Kier alpha value is -1.77. The summed E-state index contributed by atoms with van der Waals surface area (Å²) in [6.45, 7) is 2.96. The number of nitrogen functional groups attached to an aromatic ring is 1. The van der Waals surface area contributed by atoms with Crippen LogP contribution in [-0.2, 0) is 6.54 Å². The van der Waals surface area contributed by atoms with Crippen molar-refractivity contribution in [3.8, 4) is 11.1 Å². The van der Waals surface area contributed by atoms with Crippen molar-refractivity contribution in [3.63, 3.8) is 0 Å². The van der Waals surface area contributed by atoms with Crippen LogP contribution in [0.4, 0.5) is 5.69 Å². The van der Waals surface area contributed by atoms with E-state index in [1.807, 2.05) is 41.3 Å². The van der Waals surface area contributed by atoms with Gasteiger partial charge in [-0.3, -0.25) is 4.68 Å². The first kappa shape index (κ1) is 8.81. The van der Waals surface area contributed by atoms with Crippen molar-refractivity contribution in [1.29, 1.82) is 0 Å². The molecular formula is C11H13N3. The number of hydrogen-bond donors (Lipinski definition) is 1. The van der Waals surface area contributed by atoms with Crippen LogP contribution in [-0.4, -0.2) is 9.78 Å². The van der Waals surface area contributed by atoms with Crippen LogP contribution in [0.2, 0.25) is 0 Å². The minimum atomic E-state index is 0.784. The molecule has 0 saturated carbocycles. The highest BCUT2D eigenvalue weighted by molar-refractivity contribution is 5.65. The van der Waals surface area contributed by atoms with Gasteiger partial charge in [0.15, 0.2) is 0 Å². The maximum Gasteiger partial charge on any atom is 0.0568 e. The molecule has 0 aliphatic heterocycles. The van der Waals surface area contributed by atoms with Gasteiger partial charge in [0.2, 0.25) is 0 Å². The summed E-state index contributed by atoms with van der Waals surface area (Å²) >= 11 is 0. The standard InChI is InChI=1S/C11H13N3/c1-2-14-8-10(7-13-14)9-4-3-5-11(12)6-9/h3-8H,2,12H2,1H3. The zero-order chi connectivity index (χ0) is 9.97. The number of hydrogen-bond acceptors (Lipinski definition) is 2. The summed E-state index contributed by atoms with van der Waals surface area (Å²) in [5.74, 6) is 0. The third-order valence-electron chi connectivity index (χ3n) is 2.18. The van der Waals surface area contributed by atoms with Crippen LogP contribution in [0.5, 0.6) is 0 Å². The highest BCUT2D eigenvalue weighted by atomic mass is 15.3. The van der Waals surface area contributed by atoms with Crippen LogP contribution in [0.3, 0.4) is 0 Å². The normalized spacial score (nSPS) is 10.4. The molecule has 0 atom stereocenters. The molecule has 0 saturated heterocycles. The lowest BCUT2D eigenvalue weighted by molar-refractivity contribution is 0.660. The van der Waals surface area contributed by atoms with Gasteiger partial charge in [-0.15, -0.1) is 0 Å². The Labute approximate surface area is 83.2 Å². The molecule has 1 aromatic carbocycles. The van der Waals surface area contributed by atoms with E-state index in [2.05, 4.69) is 12.0 Å². The number of benzene rings is 1. The Morgan fingerprint density at radius 3 is 2.86 bits per heavy atom. The van der Waals surface area contributed by atoms with E-state index >= 15 is 0 Å². The topological polar surface area (TPSA) is 43.8 Å². The predicted molar refractivity (Wildman–Crippen MR) is 57.7 cm³/mol. The van der Waals surface area contributed by atoms with E-state index in [9.17, 15) is 0 Å². The van der Waals surface area contributed by atoms with E-state index in [4.69, 9.17) is 5.73 Å². The van der Waals surface area contributed by atoms with Crippen molar-refractivity contribution in [2.75, 3.05) is 5.73 Å². The van der Waals surface area contributed by atoms with Crippen molar-refractivity contribution in [2.45, 2.75) is 13.5 Å². The van der Waals surface area contributed by atoms with Crippen LogP contribution in [0.1, 0.15) is 6.92 Å². The van der Waals surface area contributed by atoms with Crippen molar-refractivity contribution in [2.24, 2.45) is 0 Å². The first-order valence-electron chi connectivity index (χ1n) is 4.68. The average molecular weight is 187 g/mol. The molecule has 1 heterocycles. The summed E-state index contributed by atoms with van der Waals surface area (Å²) in [6, 6.07) is 7.83. The van der Waals surface area contributed by atoms with E-state index in [0.717, 1.165) is 23.4 Å². The zero-order valence-corrected chi connectivity index (χ0v) is 8.14. The summed E-state index contributed by atoms with van der Waals surface area (Å²) < 4.78 is 1.90. The fraction of sp³-hybridized carbons (Fsp3) is 0.182. The smallest absolute Gasteiger partial charge is 0.0568 e. The summed E-state index contributed by atoms with van der Waals surface area (Å²) in [7, 11) is 0. The number of anilines is 1. The van der Waals surface area contributed by atoms with Crippen molar-refractivity contribution in [3.05, 3.63) is 36.7 Å². The summed E-state index contributed by atoms with van der Waals surface area (Å²) in [5.41, 5.74) is 8.72. The SMILES string of the molecule is CCn1cc(-c2cccc(N)c2)cn1. The Bertz CT molecular complexity index is 432. The van der Waals surface area contributed by atoms with Crippen LogP contribution in [0.25, 0.3) is 11.1 Å².